The maximum atomic E-state index is 6.52. The molecule has 14 rings (SSSR count). The number of para-hydroxylation sites is 4. The maximum Gasteiger partial charge on any atom is 2.00 e. The maximum absolute atomic E-state index is 6.52. The van der Waals surface area contributed by atoms with Gasteiger partial charge in [-0.05, 0) is 86.4 Å². The Kier molecular flexibility index (Phi) is 9.66. The van der Waals surface area contributed by atoms with Gasteiger partial charge in [0.2, 0.25) is 0 Å². The van der Waals surface area contributed by atoms with Crippen LogP contribution in [0.4, 0.5) is 0 Å². The first-order chi connectivity index (χ1) is 34.0. The Morgan fingerprint density at radius 1 is 0.514 bits per heavy atom. The number of rotatable bonds is 7. The molecular weight excluding hydrogens is 1040 g/mol. The minimum Gasteiger partial charge on any atom is -0.656 e. The van der Waals surface area contributed by atoms with Gasteiger partial charge in [0.1, 0.15) is 22.8 Å². The summed E-state index contributed by atoms with van der Waals surface area (Å²) in [6.45, 7) is 4.55. The van der Waals surface area contributed by atoms with E-state index in [2.05, 4.69) is 217 Å². The number of fused-ring (bicyclic) bond motifs is 10. The molecular formula is C63H41N5OPt. The zero-order valence-electron chi connectivity index (χ0n) is 38.2. The molecule has 0 atom stereocenters. The Morgan fingerprint density at radius 2 is 1.23 bits per heavy atom. The predicted molar refractivity (Wildman–Crippen MR) is 283 cm³/mol. The molecule has 9 aromatic carbocycles. The summed E-state index contributed by atoms with van der Waals surface area (Å²) in [6.07, 6.45) is 1.93. The second-order valence-electron chi connectivity index (χ2n) is 18.5. The molecule has 0 aliphatic heterocycles. The summed E-state index contributed by atoms with van der Waals surface area (Å²) in [5, 5.41) is 6.59. The monoisotopic (exact) mass is 1080 g/mol. The summed E-state index contributed by atoms with van der Waals surface area (Å²) in [4.78, 5) is 16.0. The number of imidazole rings is 1. The van der Waals surface area contributed by atoms with Crippen molar-refractivity contribution in [2.75, 3.05) is 0 Å². The molecule has 334 valence electrons. The van der Waals surface area contributed by atoms with Crippen LogP contribution in [-0.2, 0) is 26.5 Å². The van der Waals surface area contributed by atoms with Gasteiger partial charge < -0.3 is 14.0 Å². The Morgan fingerprint density at radius 3 is 2.07 bits per heavy atom. The summed E-state index contributed by atoms with van der Waals surface area (Å²) in [7, 11) is 0. The van der Waals surface area contributed by atoms with E-state index in [1.54, 1.807) is 0 Å². The molecule has 14 aromatic rings. The van der Waals surface area contributed by atoms with Crippen molar-refractivity contribution in [2.45, 2.75) is 19.3 Å². The van der Waals surface area contributed by atoms with Gasteiger partial charge in [-0.1, -0.05) is 170 Å². The number of pyridine rings is 1. The van der Waals surface area contributed by atoms with Crippen LogP contribution in [0.2, 0.25) is 0 Å². The molecule has 0 bridgehead atoms. The van der Waals surface area contributed by atoms with E-state index in [-0.39, 0.29) is 26.5 Å². The minimum atomic E-state index is -0.276. The fourth-order valence-corrected chi connectivity index (χ4v) is 10.7. The van der Waals surface area contributed by atoms with Crippen molar-refractivity contribution in [3.05, 3.63) is 230 Å². The summed E-state index contributed by atoms with van der Waals surface area (Å²) < 4.78 is 11.1. The van der Waals surface area contributed by atoms with E-state index in [1.165, 1.54) is 11.1 Å². The first-order valence-corrected chi connectivity index (χ1v) is 23.4. The number of furan rings is 1. The van der Waals surface area contributed by atoms with Crippen LogP contribution in [0.5, 0.6) is 0 Å². The first kappa shape index (κ1) is 41.8. The van der Waals surface area contributed by atoms with Crippen LogP contribution in [0.15, 0.2) is 217 Å². The molecule has 0 N–H and O–H groups in total. The van der Waals surface area contributed by atoms with Crippen molar-refractivity contribution in [2.24, 2.45) is 0 Å². The fraction of sp³-hybridized carbons (Fsp3) is 0.0476. The van der Waals surface area contributed by atoms with Gasteiger partial charge in [0, 0.05) is 45.2 Å². The Hall–Kier alpha value is -8.31. The van der Waals surface area contributed by atoms with Crippen molar-refractivity contribution >= 4 is 76.6 Å². The van der Waals surface area contributed by atoms with Gasteiger partial charge in [-0.25, -0.2) is 9.97 Å². The van der Waals surface area contributed by atoms with E-state index in [0.29, 0.717) is 0 Å². The van der Waals surface area contributed by atoms with Crippen LogP contribution in [0.1, 0.15) is 25.0 Å². The van der Waals surface area contributed by atoms with E-state index in [9.17, 15) is 0 Å². The zero-order chi connectivity index (χ0) is 45.8. The smallest absolute Gasteiger partial charge is 0.656 e. The normalized spacial score (nSPS) is 12.0. The van der Waals surface area contributed by atoms with E-state index in [1.807, 2.05) is 24.4 Å². The molecule has 70 heavy (non-hydrogen) atoms. The molecule has 0 unspecified atom stereocenters. The topological polar surface area (TPSA) is 62.9 Å². The minimum absolute atomic E-state index is 0. The number of nitrogens with zero attached hydrogens (tertiary/aromatic N) is 5. The molecule has 0 aliphatic rings. The average Bonchev–Trinajstić information content (AvgIpc) is 4.17. The number of hydrogen-bond donors (Lipinski definition) is 0. The largest absolute Gasteiger partial charge is 2.00 e. The van der Waals surface area contributed by atoms with Gasteiger partial charge in [0.05, 0.1) is 11.0 Å². The molecule has 0 amide bonds. The molecule has 7 heteroatoms. The van der Waals surface area contributed by atoms with E-state index in [0.717, 1.165) is 122 Å². The molecule has 0 fully saturated rings. The van der Waals surface area contributed by atoms with Crippen molar-refractivity contribution in [1.82, 2.24) is 24.1 Å². The van der Waals surface area contributed by atoms with Gasteiger partial charge in [-0.3, -0.25) is 4.57 Å². The number of hydrogen-bond acceptors (Lipinski definition) is 3. The van der Waals surface area contributed by atoms with Gasteiger partial charge in [0.25, 0.3) is 0 Å². The molecule has 0 aliphatic carbocycles. The molecule has 5 aromatic heterocycles. The Bertz CT molecular complexity index is 4330. The second kappa shape index (κ2) is 16.2. The summed E-state index contributed by atoms with van der Waals surface area (Å²) in [5.41, 5.74) is 15.7. The standard InChI is InChI=1S/C63H41N5O.Pt/c1-63(2,42-17-7-4-8-18-42)43-33-34-64-59(36-43)68-55-35-41(29-32-47(55)51-37-52-48-20-10-12-26-57(48)69-58(52)38-56(51)68)45-21-14-25-54-61(45)66-62(50-23-13-22-49-46-19-9-11-24-53(46)65-60(49)50)67(54)44-30-27-40(28-31-44)39-15-5-3-6-16-39;/h3-34,36-38H,1-2H3;/q-2;+2. The zero-order valence-corrected chi connectivity index (χ0v) is 40.4. The van der Waals surface area contributed by atoms with E-state index >= 15 is 0 Å². The summed E-state index contributed by atoms with van der Waals surface area (Å²) >= 11 is 0. The van der Waals surface area contributed by atoms with Gasteiger partial charge in [-0.15, -0.1) is 34.8 Å². The third-order valence-electron chi connectivity index (χ3n) is 14.3. The first-order valence-electron chi connectivity index (χ1n) is 23.4. The van der Waals surface area contributed by atoms with Gasteiger partial charge in [-0.2, -0.15) is 0 Å². The predicted octanol–water partition coefficient (Wildman–Crippen LogP) is 15.8. The average molecular weight is 1080 g/mol. The summed E-state index contributed by atoms with van der Waals surface area (Å²) in [5.74, 6) is 1.64. The molecule has 6 nitrogen and oxygen atoms in total. The van der Waals surface area contributed by atoms with Crippen molar-refractivity contribution in [3.63, 3.8) is 0 Å². The van der Waals surface area contributed by atoms with E-state index < -0.39 is 0 Å². The van der Waals surface area contributed by atoms with Crippen molar-refractivity contribution in [3.8, 4) is 45.1 Å². The Labute approximate surface area is 417 Å². The third kappa shape index (κ3) is 6.44. The Balaban J connectivity index is 0.00000480. The quantitative estimate of drug-likeness (QED) is 0.149. The van der Waals surface area contributed by atoms with Crippen LogP contribution < -0.4 is 4.98 Å². The molecule has 0 saturated heterocycles. The summed E-state index contributed by atoms with van der Waals surface area (Å²) in [6, 6.07) is 76.8. The molecule has 0 saturated carbocycles. The fourth-order valence-electron chi connectivity index (χ4n) is 10.7. The van der Waals surface area contributed by atoms with Crippen molar-refractivity contribution < 1.29 is 25.5 Å². The van der Waals surface area contributed by atoms with Crippen LogP contribution in [0.25, 0.3) is 122 Å². The number of aromatic nitrogens is 5. The van der Waals surface area contributed by atoms with Crippen LogP contribution in [-0.4, -0.2) is 19.1 Å². The molecule has 0 spiro atoms. The molecule has 5 heterocycles. The van der Waals surface area contributed by atoms with Gasteiger partial charge >= 0.3 is 21.1 Å². The molecule has 0 radical (unpaired) electrons. The SMILES string of the molecule is CC(C)(c1ccccc1)c1ccnc(-n2c3[c-]c(-c4cccc5c4nc(-c4cccc6c4[n-]c4ccccc46)n5-c4ccc(-c5ccccc5)cc4)ccc3c3cc4c(cc32)oc2ccccc24)c1.[Pt+2]. The van der Waals surface area contributed by atoms with Crippen LogP contribution >= 0.6 is 0 Å². The van der Waals surface area contributed by atoms with Crippen LogP contribution in [0.3, 0.4) is 0 Å². The van der Waals surface area contributed by atoms with E-state index in [4.69, 9.17) is 19.4 Å². The third-order valence-corrected chi connectivity index (χ3v) is 14.3. The van der Waals surface area contributed by atoms with Gasteiger partial charge in [0.15, 0.2) is 0 Å². The number of benzene rings is 9. The van der Waals surface area contributed by atoms with Crippen LogP contribution in [0, 0.1) is 6.07 Å². The van der Waals surface area contributed by atoms with Crippen molar-refractivity contribution in [1.29, 1.82) is 0 Å². The second-order valence-corrected chi connectivity index (χ2v) is 18.5.